The van der Waals surface area contributed by atoms with Crippen LogP contribution in [0.4, 0.5) is 0 Å². The Kier molecular flexibility index (Phi) is 2.80. The van der Waals surface area contributed by atoms with Gasteiger partial charge in [-0.25, -0.2) is 0 Å². The summed E-state index contributed by atoms with van der Waals surface area (Å²) in [6.07, 6.45) is 0. The highest BCUT2D eigenvalue weighted by Gasteiger charge is 2.46. The van der Waals surface area contributed by atoms with E-state index in [0.717, 1.165) is 0 Å². The van der Waals surface area contributed by atoms with Crippen LogP contribution in [-0.2, 0) is 23.9 Å². The van der Waals surface area contributed by atoms with Gasteiger partial charge in [-0.05, 0) is 0 Å². The first-order chi connectivity index (χ1) is 6.37. The van der Waals surface area contributed by atoms with Gasteiger partial charge in [0, 0.05) is 13.8 Å². The van der Waals surface area contributed by atoms with Gasteiger partial charge in [0.2, 0.25) is 5.92 Å². The zero-order valence-corrected chi connectivity index (χ0v) is 8.46. The summed E-state index contributed by atoms with van der Waals surface area (Å²) in [7, 11) is 0. The number of hydrogen-bond donors (Lipinski definition) is 0. The van der Waals surface area contributed by atoms with Gasteiger partial charge in [0.15, 0.2) is 5.78 Å². The molecule has 78 valence electrons. The molecule has 0 bridgehead atoms. The summed E-state index contributed by atoms with van der Waals surface area (Å²) in [6.45, 7) is 2.81. The van der Waals surface area contributed by atoms with Crippen molar-refractivity contribution in [2.45, 2.75) is 19.6 Å². The fourth-order valence-corrected chi connectivity index (χ4v) is 1.21. The molecule has 0 amide bonds. The standard InChI is InChI=1S/C8H9ClO5/c1-8(2)13-6(11)5(4(10)3-9)7(12)14-8/h5H,3H2,1-2H3. The zero-order chi connectivity index (χ0) is 10.9. The number of hydrogen-bond acceptors (Lipinski definition) is 5. The van der Waals surface area contributed by atoms with E-state index in [1.807, 2.05) is 0 Å². The fraction of sp³-hybridized carbons (Fsp3) is 0.625. The number of alkyl halides is 1. The molecule has 0 unspecified atom stereocenters. The maximum Gasteiger partial charge on any atom is 0.331 e. The van der Waals surface area contributed by atoms with Crippen LogP contribution in [0.2, 0.25) is 0 Å². The maximum atomic E-state index is 11.2. The lowest BCUT2D eigenvalue weighted by Gasteiger charge is -2.31. The molecule has 0 radical (unpaired) electrons. The normalized spacial score (nSPS) is 21.4. The molecule has 1 aliphatic rings. The van der Waals surface area contributed by atoms with E-state index >= 15 is 0 Å². The van der Waals surface area contributed by atoms with Crippen LogP contribution in [0.1, 0.15) is 13.8 Å². The van der Waals surface area contributed by atoms with Crippen LogP contribution in [-0.4, -0.2) is 29.4 Å². The molecule has 14 heavy (non-hydrogen) atoms. The van der Waals surface area contributed by atoms with Crippen molar-refractivity contribution in [3.8, 4) is 0 Å². The molecule has 0 aliphatic carbocycles. The summed E-state index contributed by atoms with van der Waals surface area (Å²) in [4.78, 5) is 33.5. The van der Waals surface area contributed by atoms with Crippen LogP contribution in [0.25, 0.3) is 0 Å². The van der Waals surface area contributed by atoms with E-state index in [1.54, 1.807) is 0 Å². The molecule has 0 aromatic heterocycles. The Hall–Kier alpha value is -1.10. The molecule has 0 aromatic rings. The van der Waals surface area contributed by atoms with Gasteiger partial charge in [0.1, 0.15) is 0 Å². The molecule has 1 rings (SSSR count). The Morgan fingerprint density at radius 3 is 2.14 bits per heavy atom. The minimum Gasteiger partial charge on any atom is -0.422 e. The van der Waals surface area contributed by atoms with Gasteiger partial charge in [0.25, 0.3) is 5.79 Å². The van der Waals surface area contributed by atoms with E-state index in [-0.39, 0.29) is 0 Å². The molecule has 0 spiro atoms. The molecule has 1 aliphatic heterocycles. The summed E-state index contributed by atoms with van der Waals surface area (Å²) in [6, 6.07) is 0. The number of ether oxygens (including phenoxy) is 2. The zero-order valence-electron chi connectivity index (χ0n) is 7.70. The van der Waals surface area contributed by atoms with Gasteiger partial charge in [0.05, 0.1) is 5.88 Å². The SMILES string of the molecule is CC1(C)OC(=O)C(C(=O)CCl)C(=O)O1. The third-order valence-corrected chi connectivity index (χ3v) is 1.88. The van der Waals surface area contributed by atoms with E-state index in [2.05, 4.69) is 0 Å². The summed E-state index contributed by atoms with van der Waals surface area (Å²) in [5.41, 5.74) is 0. The molecule has 1 fully saturated rings. The van der Waals surface area contributed by atoms with Crippen molar-refractivity contribution < 1.29 is 23.9 Å². The van der Waals surface area contributed by atoms with Crippen LogP contribution in [0, 0.1) is 5.92 Å². The number of ketones is 1. The quantitative estimate of drug-likeness (QED) is 0.379. The van der Waals surface area contributed by atoms with E-state index in [4.69, 9.17) is 21.1 Å². The Labute approximate surface area is 85.3 Å². The third-order valence-electron chi connectivity index (χ3n) is 1.62. The van der Waals surface area contributed by atoms with Crippen LogP contribution in [0.5, 0.6) is 0 Å². The second-order valence-electron chi connectivity index (χ2n) is 3.27. The molecule has 1 heterocycles. The van der Waals surface area contributed by atoms with Gasteiger partial charge in [-0.2, -0.15) is 0 Å². The molecule has 0 saturated carbocycles. The minimum absolute atomic E-state index is 0.421. The molecule has 1 saturated heterocycles. The van der Waals surface area contributed by atoms with E-state index in [0.29, 0.717) is 0 Å². The van der Waals surface area contributed by atoms with Gasteiger partial charge in [-0.1, -0.05) is 0 Å². The highest BCUT2D eigenvalue weighted by atomic mass is 35.5. The molecule has 6 heteroatoms. The lowest BCUT2D eigenvalue weighted by atomic mass is 10.0. The number of carbonyl (C=O) groups excluding carboxylic acids is 3. The van der Waals surface area contributed by atoms with Crippen LogP contribution in [0.15, 0.2) is 0 Å². The lowest BCUT2D eigenvalue weighted by molar-refractivity contribution is -0.238. The Morgan fingerprint density at radius 1 is 1.36 bits per heavy atom. The van der Waals surface area contributed by atoms with E-state index in [9.17, 15) is 14.4 Å². The van der Waals surface area contributed by atoms with Gasteiger partial charge < -0.3 is 9.47 Å². The van der Waals surface area contributed by atoms with Crippen molar-refractivity contribution in [2.75, 3.05) is 5.88 Å². The molecule has 0 atom stereocenters. The number of esters is 2. The van der Waals surface area contributed by atoms with Crippen molar-refractivity contribution >= 4 is 29.3 Å². The number of cyclic esters (lactones) is 2. The minimum atomic E-state index is -1.53. The second kappa shape index (κ2) is 3.57. The van der Waals surface area contributed by atoms with Crippen LogP contribution in [0.3, 0.4) is 0 Å². The summed E-state index contributed by atoms with van der Waals surface area (Å²) >= 11 is 5.22. The van der Waals surface area contributed by atoms with E-state index < -0.39 is 35.3 Å². The first-order valence-corrected chi connectivity index (χ1v) is 4.45. The average Bonchev–Trinajstić information content (AvgIpc) is 1.99. The first kappa shape index (κ1) is 11.0. The van der Waals surface area contributed by atoms with Crippen molar-refractivity contribution in [2.24, 2.45) is 5.92 Å². The van der Waals surface area contributed by atoms with Crippen molar-refractivity contribution in [3.63, 3.8) is 0 Å². The molecular weight excluding hydrogens is 212 g/mol. The molecule has 5 nitrogen and oxygen atoms in total. The largest absolute Gasteiger partial charge is 0.422 e. The predicted octanol–water partition coefficient (Wildman–Crippen LogP) is 0.247. The third kappa shape index (κ3) is 2.04. The average molecular weight is 221 g/mol. The Morgan fingerprint density at radius 2 is 1.79 bits per heavy atom. The monoisotopic (exact) mass is 220 g/mol. The summed E-state index contributed by atoms with van der Waals surface area (Å²) in [5, 5.41) is 0. The van der Waals surface area contributed by atoms with Gasteiger partial charge >= 0.3 is 11.9 Å². The number of Topliss-reactive ketones (excluding diaryl/α,β-unsaturated/α-hetero) is 1. The second-order valence-corrected chi connectivity index (χ2v) is 3.54. The Balaban J connectivity index is 2.87. The van der Waals surface area contributed by atoms with Crippen LogP contribution < -0.4 is 0 Å². The lowest BCUT2D eigenvalue weighted by Crippen LogP contribution is -2.49. The molecule has 0 aromatic carbocycles. The fourth-order valence-electron chi connectivity index (χ4n) is 1.06. The smallest absolute Gasteiger partial charge is 0.331 e. The van der Waals surface area contributed by atoms with Gasteiger partial charge in [-0.3, -0.25) is 14.4 Å². The number of rotatable bonds is 2. The highest BCUT2D eigenvalue weighted by molar-refractivity contribution is 6.32. The Bertz CT molecular complexity index is 276. The van der Waals surface area contributed by atoms with Crippen LogP contribution >= 0.6 is 11.6 Å². The summed E-state index contributed by atoms with van der Waals surface area (Å²) < 4.78 is 9.44. The van der Waals surface area contributed by atoms with E-state index in [1.165, 1.54) is 13.8 Å². The van der Waals surface area contributed by atoms with Gasteiger partial charge in [-0.15, -0.1) is 11.6 Å². The topological polar surface area (TPSA) is 69.7 Å². The number of carbonyl (C=O) groups is 3. The number of halogens is 1. The van der Waals surface area contributed by atoms with Crippen molar-refractivity contribution in [1.29, 1.82) is 0 Å². The maximum absolute atomic E-state index is 11.2. The summed E-state index contributed by atoms with van der Waals surface area (Å²) in [5.74, 6) is -5.78. The van der Waals surface area contributed by atoms with Crippen molar-refractivity contribution in [3.05, 3.63) is 0 Å². The molecular formula is C8H9ClO5. The first-order valence-electron chi connectivity index (χ1n) is 3.92. The van der Waals surface area contributed by atoms with Crippen molar-refractivity contribution in [1.82, 2.24) is 0 Å². The highest BCUT2D eigenvalue weighted by Crippen LogP contribution is 2.23. The molecule has 0 N–H and O–H groups in total. The predicted molar refractivity (Wildman–Crippen MR) is 45.5 cm³/mol.